The molecule has 23 heavy (non-hydrogen) atoms. The van der Waals surface area contributed by atoms with Crippen molar-refractivity contribution >= 4 is 22.1 Å². The smallest absolute Gasteiger partial charge is 0.239 e. The van der Waals surface area contributed by atoms with Crippen LogP contribution in [0.25, 0.3) is 11.4 Å². The standard InChI is InChI=1S/C16H17N3O2S2/c1-3-15-17-12(8-22-15)9-23(20)10-14-18-16(19-21-14)13-7-5-4-6-11(13)2/h4-8H,3,9-10H2,1-2H3. The molecular weight excluding hydrogens is 330 g/mol. The fourth-order valence-electron chi connectivity index (χ4n) is 2.18. The van der Waals surface area contributed by atoms with Crippen LogP contribution in [0.2, 0.25) is 0 Å². The Labute approximate surface area is 141 Å². The predicted molar refractivity (Wildman–Crippen MR) is 91.5 cm³/mol. The van der Waals surface area contributed by atoms with E-state index in [2.05, 4.69) is 22.0 Å². The van der Waals surface area contributed by atoms with Crippen molar-refractivity contribution in [2.75, 3.05) is 0 Å². The summed E-state index contributed by atoms with van der Waals surface area (Å²) >= 11 is 1.60. The number of thiazole rings is 1. The second-order valence-electron chi connectivity index (χ2n) is 5.14. The third-order valence-corrected chi connectivity index (χ3v) is 5.58. The number of benzene rings is 1. The van der Waals surface area contributed by atoms with Crippen LogP contribution < -0.4 is 0 Å². The highest BCUT2D eigenvalue weighted by Gasteiger charge is 2.14. The zero-order valence-corrected chi connectivity index (χ0v) is 14.6. The Morgan fingerprint density at radius 2 is 2.04 bits per heavy atom. The third kappa shape index (κ3) is 3.92. The average Bonchev–Trinajstić information content (AvgIpc) is 3.17. The summed E-state index contributed by atoms with van der Waals surface area (Å²) in [6, 6.07) is 7.84. The first-order valence-electron chi connectivity index (χ1n) is 7.32. The van der Waals surface area contributed by atoms with Gasteiger partial charge in [0.05, 0.1) is 16.5 Å². The lowest BCUT2D eigenvalue weighted by Gasteiger charge is -1.98. The van der Waals surface area contributed by atoms with E-state index in [1.165, 1.54) is 0 Å². The first-order valence-corrected chi connectivity index (χ1v) is 9.69. The van der Waals surface area contributed by atoms with Gasteiger partial charge in [0.15, 0.2) is 0 Å². The minimum atomic E-state index is -1.11. The van der Waals surface area contributed by atoms with E-state index in [0.717, 1.165) is 28.2 Å². The van der Waals surface area contributed by atoms with E-state index in [1.807, 2.05) is 36.6 Å². The molecule has 0 aliphatic carbocycles. The normalized spacial score (nSPS) is 12.4. The molecule has 0 aliphatic heterocycles. The van der Waals surface area contributed by atoms with Gasteiger partial charge in [-0.05, 0) is 18.9 Å². The highest BCUT2D eigenvalue weighted by Crippen LogP contribution is 2.20. The molecule has 2 heterocycles. The Kier molecular flexibility index (Phi) is 4.97. The molecule has 0 fully saturated rings. The van der Waals surface area contributed by atoms with Crippen LogP contribution in [-0.2, 0) is 28.7 Å². The zero-order valence-electron chi connectivity index (χ0n) is 13.0. The maximum atomic E-state index is 12.2. The Hall–Kier alpha value is -1.86. The number of aryl methyl sites for hydroxylation is 2. The molecule has 0 spiro atoms. The third-order valence-electron chi connectivity index (χ3n) is 3.35. The molecule has 2 aromatic heterocycles. The molecule has 7 heteroatoms. The van der Waals surface area contributed by atoms with Gasteiger partial charge >= 0.3 is 0 Å². The lowest BCUT2D eigenvalue weighted by molar-refractivity contribution is 0.390. The van der Waals surface area contributed by atoms with Crippen LogP contribution in [0.1, 0.15) is 29.1 Å². The summed E-state index contributed by atoms with van der Waals surface area (Å²) in [7, 11) is -1.11. The fourth-order valence-corrected chi connectivity index (χ4v) is 4.00. The van der Waals surface area contributed by atoms with E-state index in [9.17, 15) is 4.21 Å². The largest absolute Gasteiger partial charge is 0.338 e. The summed E-state index contributed by atoms with van der Waals surface area (Å²) in [6.45, 7) is 4.06. The second kappa shape index (κ2) is 7.14. The van der Waals surface area contributed by atoms with Gasteiger partial charge in [-0.2, -0.15) is 4.98 Å². The van der Waals surface area contributed by atoms with Gasteiger partial charge in [-0.3, -0.25) is 4.21 Å². The second-order valence-corrected chi connectivity index (χ2v) is 7.54. The van der Waals surface area contributed by atoms with Crippen molar-refractivity contribution in [1.82, 2.24) is 15.1 Å². The Morgan fingerprint density at radius 1 is 1.22 bits per heavy atom. The van der Waals surface area contributed by atoms with Crippen LogP contribution in [0, 0.1) is 6.92 Å². The summed E-state index contributed by atoms with van der Waals surface area (Å²) in [4.78, 5) is 8.79. The van der Waals surface area contributed by atoms with E-state index in [0.29, 0.717) is 17.5 Å². The number of hydrogen-bond acceptors (Lipinski definition) is 6. The summed E-state index contributed by atoms with van der Waals surface area (Å²) in [5.41, 5.74) is 2.87. The topological polar surface area (TPSA) is 68.9 Å². The van der Waals surface area contributed by atoms with Gasteiger partial charge in [-0.25, -0.2) is 4.98 Å². The van der Waals surface area contributed by atoms with Crippen LogP contribution >= 0.6 is 11.3 Å². The van der Waals surface area contributed by atoms with Crippen LogP contribution in [0.15, 0.2) is 34.2 Å². The number of nitrogens with zero attached hydrogens (tertiary/aromatic N) is 3. The molecule has 0 bridgehead atoms. The Morgan fingerprint density at radius 3 is 2.78 bits per heavy atom. The van der Waals surface area contributed by atoms with Crippen LogP contribution in [0.3, 0.4) is 0 Å². The zero-order chi connectivity index (χ0) is 16.2. The minimum Gasteiger partial charge on any atom is -0.338 e. The maximum Gasteiger partial charge on any atom is 0.239 e. The first kappa shape index (κ1) is 16.0. The van der Waals surface area contributed by atoms with E-state index in [-0.39, 0.29) is 5.75 Å². The molecule has 0 aliphatic rings. The van der Waals surface area contributed by atoms with E-state index in [1.54, 1.807) is 11.3 Å². The lowest BCUT2D eigenvalue weighted by atomic mass is 10.1. The fraction of sp³-hybridized carbons (Fsp3) is 0.312. The molecule has 120 valence electrons. The lowest BCUT2D eigenvalue weighted by Crippen LogP contribution is -2.00. The molecule has 1 unspecified atom stereocenters. The van der Waals surface area contributed by atoms with E-state index in [4.69, 9.17) is 4.52 Å². The van der Waals surface area contributed by atoms with Gasteiger partial charge < -0.3 is 4.52 Å². The van der Waals surface area contributed by atoms with Crippen LogP contribution in [-0.4, -0.2) is 19.3 Å². The maximum absolute atomic E-state index is 12.2. The highest BCUT2D eigenvalue weighted by molar-refractivity contribution is 7.83. The van der Waals surface area contributed by atoms with Gasteiger partial charge in [0.25, 0.3) is 0 Å². The van der Waals surface area contributed by atoms with Crippen molar-refractivity contribution in [3.8, 4) is 11.4 Å². The van der Waals surface area contributed by atoms with Gasteiger partial charge in [0, 0.05) is 21.7 Å². The SMILES string of the molecule is CCc1nc(CS(=O)Cc2nc(-c3ccccc3C)no2)cs1. The summed E-state index contributed by atoms with van der Waals surface area (Å²) in [6.07, 6.45) is 0.904. The van der Waals surface area contributed by atoms with Gasteiger partial charge in [0.1, 0.15) is 5.75 Å². The molecule has 0 saturated carbocycles. The summed E-state index contributed by atoms with van der Waals surface area (Å²) in [5, 5.41) is 7.02. The molecule has 1 aromatic carbocycles. The molecule has 0 amide bonds. The molecule has 5 nitrogen and oxygen atoms in total. The molecule has 3 aromatic rings. The van der Waals surface area contributed by atoms with Crippen molar-refractivity contribution < 1.29 is 8.73 Å². The average molecular weight is 347 g/mol. The van der Waals surface area contributed by atoms with Crippen molar-refractivity contribution in [1.29, 1.82) is 0 Å². The predicted octanol–water partition coefficient (Wildman–Crippen LogP) is 3.51. The van der Waals surface area contributed by atoms with Gasteiger partial charge in [-0.15, -0.1) is 11.3 Å². The molecule has 0 N–H and O–H groups in total. The monoisotopic (exact) mass is 347 g/mol. The van der Waals surface area contributed by atoms with Crippen LogP contribution in [0.5, 0.6) is 0 Å². The first-order chi connectivity index (χ1) is 11.2. The van der Waals surface area contributed by atoms with Crippen molar-refractivity contribution in [3.63, 3.8) is 0 Å². The number of hydrogen-bond donors (Lipinski definition) is 0. The van der Waals surface area contributed by atoms with Crippen molar-refractivity contribution in [3.05, 3.63) is 51.8 Å². The molecule has 3 rings (SSSR count). The number of rotatable bonds is 6. The summed E-state index contributed by atoms with van der Waals surface area (Å²) < 4.78 is 17.5. The van der Waals surface area contributed by atoms with Crippen molar-refractivity contribution in [2.45, 2.75) is 31.8 Å². The number of aromatic nitrogens is 3. The highest BCUT2D eigenvalue weighted by atomic mass is 32.2. The Balaban J connectivity index is 1.67. The molecule has 0 saturated heterocycles. The van der Waals surface area contributed by atoms with Crippen molar-refractivity contribution in [2.24, 2.45) is 0 Å². The van der Waals surface area contributed by atoms with Gasteiger partial charge in [-0.1, -0.05) is 36.3 Å². The minimum absolute atomic E-state index is 0.248. The van der Waals surface area contributed by atoms with Crippen LogP contribution in [0.4, 0.5) is 0 Å². The Bertz CT molecular complexity index is 826. The quantitative estimate of drug-likeness (QED) is 0.682. The summed E-state index contributed by atoms with van der Waals surface area (Å²) in [5.74, 6) is 1.60. The molecular formula is C16H17N3O2S2. The van der Waals surface area contributed by atoms with Gasteiger partial charge in [0.2, 0.25) is 11.7 Å². The van der Waals surface area contributed by atoms with E-state index < -0.39 is 10.8 Å². The molecule has 0 radical (unpaired) electrons. The molecule has 1 atom stereocenters. The van der Waals surface area contributed by atoms with E-state index >= 15 is 0 Å².